The highest BCUT2D eigenvalue weighted by Gasteiger charge is 2.14. The van der Waals surface area contributed by atoms with Crippen LogP contribution in [0.3, 0.4) is 0 Å². The Kier molecular flexibility index (Phi) is 7.16. The van der Waals surface area contributed by atoms with Crippen LogP contribution in [-0.2, 0) is 29.1 Å². The predicted molar refractivity (Wildman–Crippen MR) is 98.6 cm³/mol. The summed E-state index contributed by atoms with van der Waals surface area (Å²) < 4.78 is 23.5. The summed E-state index contributed by atoms with van der Waals surface area (Å²) in [6.45, 7) is 2.83. The van der Waals surface area contributed by atoms with Crippen molar-refractivity contribution in [1.29, 1.82) is 0 Å². The molecule has 144 valence electrons. The van der Waals surface area contributed by atoms with Gasteiger partial charge in [0, 0.05) is 13.1 Å². The second kappa shape index (κ2) is 9.56. The summed E-state index contributed by atoms with van der Waals surface area (Å²) in [5.74, 6) is -0.142. The van der Waals surface area contributed by atoms with Crippen LogP contribution in [0.2, 0.25) is 0 Å². The van der Waals surface area contributed by atoms with Gasteiger partial charge in [0.1, 0.15) is 18.2 Å². The van der Waals surface area contributed by atoms with Crippen molar-refractivity contribution in [3.63, 3.8) is 0 Å². The van der Waals surface area contributed by atoms with Crippen molar-refractivity contribution in [2.45, 2.75) is 26.5 Å². The fraction of sp³-hybridized carbons (Fsp3) is 0.300. The van der Waals surface area contributed by atoms with Gasteiger partial charge >= 0.3 is 12.0 Å². The number of esters is 1. The number of nitrogens with two attached hydrogens (primary N) is 1. The van der Waals surface area contributed by atoms with Gasteiger partial charge in [-0.2, -0.15) is 0 Å². The Labute approximate surface area is 157 Å². The highest BCUT2D eigenvalue weighted by Crippen LogP contribution is 2.22. The van der Waals surface area contributed by atoms with E-state index < -0.39 is 12.0 Å². The summed E-state index contributed by atoms with van der Waals surface area (Å²) in [4.78, 5) is 24.7. The number of nitrogens with zero attached hydrogens (tertiary/aromatic N) is 1. The maximum Gasteiger partial charge on any atom is 0.315 e. The number of rotatable bonds is 8. The molecule has 0 aromatic heterocycles. The highest BCUT2D eigenvalue weighted by molar-refractivity contribution is 5.74. The number of benzene rings is 2. The first-order valence-corrected chi connectivity index (χ1v) is 8.53. The van der Waals surface area contributed by atoms with E-state index in [0.29, 0.717) is 17.9 Å². The molecule has 0 heterocycles. The smallest absolute Gasteiger partial charge is 0.315 e. The van der Waals surface area contributed by atoms with E-state index in [0.717, 1.165) is 11.1 Å². The van der Waals surface area contributed by atoms with Gasteiger partial charge in [0.05, 0.1) is 13.5 Å². The largest absolute Gasteiger partial charge is 0.489 e. The second-order valence-electron chi connectivity index (χ2n) is 5.95. The van der Waals surface area contributed by atoms with Crippen molar-refractivity contribution in [2.75, 3.05) is 13.7 Å². The summed E-state index contributed by atoms with van der Waals surface area (Å²) in [6, 6.07) is 10.8. The van der Waals surface area contributed by atoms with E-state index in [-0.39, 0.29) is 25.4 Å². The van der Waals surface area contributed by atoms with E-state index in [9.17, 15) is 14.0 Å². The molecule has 0 unspecified atom stereocenters. The van der Waals surface area contributed by atoms with Crippen LogP contribution in [0.15, 0.2) is 42.5 Å². The van der Waals surface area contributed by atoms with E-state index in [1.807, 2.05) is 6.92 Å². The van der Waals surface area contributed by atoms with Crippen LogP contribution < -0.4 is 10.5 Å². The van der Waals surface area contributed by atoms with Crippen molar-refractivity contribution in [3.8, 4) is 5.75 Å². The number of carbonyl (C=O) groups excluding carboxylic acids is 2. The predicted octanol–water partition coefficient (Wildman–Crippen LogP) is 3.02. The normalized spacial score (nSPS) is 10.3. The molecule has 2 aromatic carbocycles. The molecule has 2 aromatic rings. The van der Waals surface area contributed by atoms with E-state index in [1.54, 1.807) is 30.3 Å². The Morgan fingerprint density at radius 1 is 1.11 bits per heavy atom. The molecule has 0 fully saturated rings. The lowest BCUT2D eigenvalue weighted by Gasteiger charge is -2.20. The Balaban J connectivity index is 2.18. The molecule has 0 saturated heterocycles. The van der Waals surface area contributed by atoms with Crippen LogP contribution >= 0.6 is 0 Å². The first-order valence-electron chi connectivity index (χ1n) is 8.53. The molecule has 0 atom stereocenters. The van der Waals surface area contributed by atoms with Gasteiger partial charge in [-0.25, -0.2) is 9.18 Å². The molecule has 0 aliphatic carbocycles. The number of hydrogen-bond acceptors (Lipinski definition) is 4. The van der Waals surface area contributed by atoms with E-state index in [4.69, 9.17) is 15.2 Å². The van der Waals surface area contributed by atoms with Crippen molar-refractivity contribution in [2.24, 2.45) is 5.73 Å². The minimum Gasteiger partial charge on any atom is -0.489 e. The number of amides is 2. The first kappa shape index (κ1) is 20.2. The van der Waals surface area contributed by atoms with Gasteiger partial charge in [-0.3, -0.25) is 4.79 Å². The molecule has 2 amide bonds. The SMILES string of the molecule is CCN(Cc1ccc(OCc2ccc(F)cc2)cc1CC(=O)OC)C(N)=O. The average Bonchev–Trinajstić information content (AvgIpc) is 2.66. The van der Waals surface area contributed by atoms with Crippen LogP contribution in [-0.4, -0.2) is 30.6 Å². The molecule has 2 N–H and O–H groups in total. The zero-order chi connectivity index (χ0) is 19.8. The molecule has 0 bridgehead atoms. The van der Waals surface area contributed by atoms with Crippen LogP contribution in [0.1, 0.15) is 23.6 Å². The summed E-state index contributed by atoms with van der Waals surface area (Å²) in [7, 11) is 1.32. The highest BCUT2D eigenvalue weighted by atomic mass is 19.1. The van der Waals surface area contributed by atoms with E-state index in [1.165, 1.54) is 24.1 Å². The molecule has 0 aliphatic rings. The van der Waals surface area contributed by atoms with Crippen LogP contribution in [0.25, 0.3) is 0 Å². The Morgan fingerprint density at radius 3 is 2.41 bits per heavy atom. The second-order valence-corrected chi connectivity index (χ2v) is 5.95. The third-order valence-electron chi connectivity index (χ3n) is 4.11. The minimum absolute atomic E-state index is 0.0515. The standard InChI is InChI=1S/C20H23FN2O4/c1-3-23(20(22)25)12-15-6-9-18(10-16(15)11-19(24)26-2)27-13-14-4-7-17(21)8-5-14/h4-10H,3,11-13H2,1-2H3,(H2,22,25). The molecule has 2 rings (SSSR count). The quantitative estimate of drug-likeness (QED) is 0.720. The molecule has 27 heavy (non-hydrogen) atoms. The van der Waals surface area contributed by atoms with E-state index in [2.05, 4.69) is 0 Å². The van der Waals surface area contributed by atoms with Gasteiger partial charge in [-0.15, -0.1) is 0 Å². The van der Waals surface area contributed by atoms with Crippen molar-refractivity contribution >= 4 is 12.0 Å². The molecule has 0 saturated carbocycles. The Morgan fingerprint density at radius 2 is 1.81 bits per heavy atom. The maximum atomic E-state index is 13.0. The van der Waals surface area contributed by atoms with Crippen molar-refractivity contribution in [3.05, 3.63) is 65.0 Å². The van der Waals surface area contributed by atoms with Gasteiger partial charge in [-0.1, -0.05) is 18.2 Å². The average molecular weight is 374 g/mol. The van der Waals surface area contributed by atoms with Crippen LogP contribution in [0, 0.1) is 5.82 Å². The van der Waals surface area contributed by atoms with Crippen LogP contribution in [0.4, 0.5) is 9.18 Å². The minimum atomic E-state index is -0.529. The molecular weight excluding hydrogens is 351 g/mol. The van der Waals surface area contributed by atoms with Gasteiger partial charge < -0.3 is 20.1 Å². The Bertz CT molecular complexity index is 793. The monoisotopic (exact) mass is 374 g/mol. The Hall–Kier alpha value is -3.09. The first-order chi connectivity index (χ1) is 12.9. The molecular formula is C20H23FN2O4. The fourth-order valence-corrected chi connectivity index (χ4v) is 2.54. The summed E-state index contributed by atoms with van der Waals surface area (Å²) in [5.41, 5.74) is 7.67. The molecule has 0 aliphatic heterocycles. The zero-order valence-corrected chi connectivity index (χ0v) is 15.4. The number of hydrogen-bond donors (Lipinski definition) is 1. The number of urea groups is 1. The topological polar surface area (TPSA) is 81.9 Å². The number of ether oxygens (including phenoxy) is 2. The summed E-state index contributed by atoms with van der Waals surface area (Å²) >= 11 is 0. The van der Waals surface area contributed by atoms with E-state index >= 15 is 0 Å². The molecule has 6 nitrogen and oxygen atoms in total. The van der Waals surface area contributed by atoms with Gasteiger partial charge in [0.25, 0.3) is 0 Å². The lowest BCUT2D eigenvalue weighted by atomic mass is 10.0. The number of methoxy groups -OCH3 is 1. The summed E-state index contributed by atoms with van der Waals surface area (Å²) in [5, 5.41) is 0. The third kappa shape index (κ3) is 5.99. The van der Waals surface area contributed by atoms with Crippen LogP contribution in [0.5, 0.6) is 5.75 Å². The molecule has 7 heteroatoms. The lowest BCUT2D eigenvalue weighted by molar-refractivity contribution is -0.139. The maximum absolute atomic E-state index is 13.0. The number of halogens is 1. The van der Waals surface area contributed by atoms with Gasteiger partial charge in [-0.05, 0) is 47.9 Å². The fourth-order valence-electron chi connectivity index (χ4n) is 2.54. The van der Waals surface area contributed by atoms with Crippen molar-refractivity contribution < 1.29 is 23.5 Å². The molecule has 0 spiro atoms. The summed E-state index contributed by atoms with van der Waals surface area (Å²) in [6.07, 6.45) is 0.0515. The third-order valence-corrected chi connectivity index (χ3v) is 4.11. The number of carbonyl (C=O) groups is 2. The van der Waals surface area contributed by atoms with Gasteiger partial charge in [0.15, 0.2) is 0 Å². The number of primary amides is 1. The molecule has 0 radical (unpaired) electrons. The van der Waals surface area contributed by atoms with Gasteiger partial charge in [0.2, 0.25) is 0 Å². The lowest BCUT2D eigenvalue weighted by Crippen LogP contribution is -2.35. The van der Waals surface area contributed by atoms with Crippen molar-refractivity contribution in [1.82, 2.24) is 4.90 Å². The zero-order valence-electron chi connectivity index (χ0n) is 15.4.